The molecule has 1 aromatic heterocycles. The lowest BCUT2D eigenvalue weighted by Crippen LogP contribution is -2.74. The van der Waals surface area contributed by atoms with Crippen molar-refractivity contribution in [1.82, 2.24) is 14.6 Å². The number of amides is 2. The van der Waals surface area contributed by atoms with Gasteiger partial charge in [-0.3, -0.25) is 14.1 Å². The average Bonchev–Trinajstić information content (AvgIpc) is 2.91. The number of rotatable bonds is 6. The van der Waals surface area contributed by atoms with Gasteiger partial charge >= 0.3 is 16.3 Å². The normalized spacial score (nSPS) is 20.8. The van der Waals surface area contributed by atoms with Crippen molar-refractivity contribution in [3.63, 3.8) is 0 Å². The number of aliphatic carboxylic acids is 1. The van der Waals surface area contributed by atoms with E-state index in [4.69, 9.17) is 15.4 Å². The standard InChI is InChI=1S/C10H11N5O8S2/c1-23-14-4(3-2-24-10(11)12-3)7(16)13-5-6(9(18)19)15(8(5)17)25(20,21)22/h2,5-6H,1H3,(H2,11,12)(H,13,16)(H,18,19)(H,20,21,22)/t5-,6-/m1/s1. The van der Waals surface area contributed by atoms with Gasteiger partial charge in [0.2, 0.25) is 0 Å². The van der Waals surface area contributed by atoms with E-state index in [2.05, 4.69) is 15.0 Å². The van der Waals surface area contributed by atoms with Crippen LogP contribution in [0.3, 0.4) is 0 Å². The van der Waals surface area contributed by atoms with Crippen LogP contribution in [0.2, 0.25) is 0 Å². The molecule has 1 aliphatic heterocycles. The van der Waals surface area contributed by atoms with Crippen LogP contribution in [0.15, 0.2) is 10.5 Å². The summed E-state index contributed by atoms with van der Waals surface area (Å²) in [7, 11) is -3.95. The Bertz CT molecular complexity index is 862. The number of β-lactam (4-membered cyclic amide) rings is 1. The van der Waals surface area contributed by atoms with Gasteiger partial charge in [0.15, 0.2) is 16.9 Å². The van der Waals surface area contributed by atoms with Crippen molar-refractivity contribution in [1.29, 1.82) is 0 Å². The number of carboxylic acids is 1. The van der Waals surface area contributed by atoms with Crippen LogP contribution in [0.5, 0.6) is 0 Å². The Kier molecular flexibility index (Phi) is 4.91. The summed E-state index contributed by atoms with van der Waals surface area (Å²) in [6, 6.07) is -3.74. The largest absolute Gasteiger partial charge is 0.480 e. The SMILES string of the molecule is CON=C(C(=O)N[C@H]1C(=O)N(S(=O)(=O)O)[C@H]1C(=O)O)c1csc(N)n1. The highest BCUT2D eigenvalue weighted by Gasteiger charge is 2.58. The van der Waals surface area contributed by atoms with E-state index in [0.29, 0.717) is 0 Å². The molecule has 1 fully saturated rings. The maximum Gasteiger partial charge on any atom is 0.363 e. The lowest BCUT2D eigenvalue weighted by atomic mass is 9.98. The lowest BCUT2D eigenvalue weighted by Gasteiger charge is -2.41. The van der Waals surface area contributed by atoms with E-state index in [9.17, 15) is 22.8 Å². The summed E-state index contributed by atoms with van der Waals surface area (Å²) in [5, 5.41) is 16.0. The number of aromatic nitrogens is 1. The van der Waals surface area contributed by atoms with Crippen LogP contribution in [-0.4, -0.2) is 70.1 Å². The van der Waals surface area contributed by atoms with Crippen LogP contribution in [0.1, 0.15) is 5.69 Å². The first kappa shape index (κ1) is 18.6. The maximum absolute atomic E-state index is 12.2. The molecule has 0 unspecified atom stereocenters. The molecular formula is C10H11N5O8S2. The van der Waals surface area contributed by atoms with Gasteiger partial charge in [0, 0.05) is 5.38 Å². The summed E-state index contributed by atoms with van der Waals surface area (Å²) in [5.41, 5.74) is 5.05. The van der Waals surface area contributed by atoms with Crippen LogP contribution in [0.4, 0.5) is 5.13 Å². The van der Waals surface area contributed by atoms with Crippen LogP contribution in [0, 0.1) is 0 Å². The molecule has 1 aliphatic rings. The Morgan fingerprint density at radius 3 is 2.60 bits per heavy atom. The molecule has 1 saturated heterocycles. The van der Waals surface area contributed by atoms with Gasteiger partial charge in [-0.15, -0.1) is 11.3 Å². The molecule has 1 aromatic rings. The van der Waals surface area contributed by atoms with Crippen molar-refractivity contribution < 1.29 is 37.3 Å². The molecule has 0 aromatic carbocycles. The van der Waals surface area contributed by atoms with E-state index in [-0.39, 0.29) is 15.1 Å². The van der Waals surface area contributed by atoms with Gasteiger partial charge < -0.3 is 21.0 Å². The fourth-order valence-electron chi connectivity index (χ4n) is 2.01. The Balaban J connectivity index is 2.25. The average molecular weight is 393 g/mol. The number of carbonyl (C=O) groups is 3. The zero-order valence-corrected chi connectivity index (χ0v) is 13.9. The minimum atomic E-state index is -5.09. The molecule has 0 radical (unpaired) electrons. The number of thiazole rings is 1. The highest BCUT2D eigenvalue weighted by molar-refractivity contribution is 7.84. The topological polar surface area (TPSA) is 202 Å². The summed E-state index contributed by atoms with van der Waals surface area (Å²) in [6.45, 7) is 0. The van der Waals surface area contributed by atoms with Crippen LogP contribution in [0.25, 0.3) is 0 Å². The molecule has 13 nitrogen and oxygen atoms in total. The van der Waals surface area contributed by atoms with Crippen LogP contribution < -0.4 is 11.1 Å². The Morgan fingerprint density at radius 2 is 2.16 bits per heavy atom. The highest BCUT2D eigenvalue weighted by atomic mass is 32.2. The monoisotopic (exact) mass is 393 g/mol. The van der Waals surface area contributed by atoms with Gasteiger partial charge in [-0.1, -0.05) is 5.16 Å². The maximum atomic E-state index is 12.2. The van der Waals surface area contributed by atoms with E-state index in [1.807, 2.05) is 5.32 Å². The van der Waals surface area contributed by atoms with Crippen molar-refractivity contribution >= 4 is 50.3 Å². The predicted molar refractivity (Wildman–Crippen MR) is 81.8 cm³/mol. The molecular weight excluding hydrogens is 382 g/mol. The summed E-state index contributed by atoms with van der Waals surface area (Å²) in [5.74, 6) is -4.12. The lowest BCUT2D eigenvalue weighted by molar-refractivity contribution is -0.160. The Labute approximate surface area is 143 Å². The van der Waals surface area contributed by atoms with Crippen molar-refractivity contribution in [2.75, 3.05) is 12.8 Å². The van der Waals surface area contributed by atoms with E-state index >= 15 is 0 Å². The van der Waals surface area contributed by atoms with Crippen molar-refractivity contribution in [2.24, 2.45) is 5.16 Å². The van der Waals surface area contributed by atoms with E-state index < -0.39 is 45.9 Å². The molecule has 0 saturated carbocycles. The molecule has 2 amide bonds. The highest BCUT2D eigenvalue weighted by Crippen LogP contribution is 2.24. The number of carboxylic acid groups (broad SMARTS) is 1. The minimum Gasteiger partial charge on any atom is -0.480 e. The number of nitrogens with two attached hydrogens (primary N) is 1. The third-order valence-electron chi connectivity index (χ3n) is 3.00. The van der Waals surface area contributed by atoms with E-state index in [0.717, 1.165) is 18.4 Å². The summed E-state index contributed by atoms with van der Waals surface area (Å²) < 4.78 is 30.7. The van der Waals surface area contributed by atoms with Crippen molar-refractivity contribution in [3.05, 3.63) is 11.1 Å². The second-order valence-electron chi connectivity index (χ2n) is 4.54. The molecule has 25 heavy (non-hydrogen) atoms. The van der Waals surface area contributed by atoms with Gasteiger partial charge in [0.05, 0.1) is 0 Å². The first-order valence-corrected chi connectivity index (χ1v) is 8.52. The van der Waals surface area contributed by atoms with Gasteiger partial charge in [-0.2, -0.15) is 12.7 Å². The molecule has 5 N–H and O–H groups in total. The summed E-state index contributed by atoms with van der Waals surface area (Å²) in [4.78, 5) is 43.5. The second-order valence-corrected chi connectivity index (χ2v) is 6.72. The Hall–Kier alpha value is -2.78. The molecule has 2 rings (SSSR count). The van der Waals surface area contributed by atoms with Crippen molar-refractivity contribution in [2.45, 2.75) is 12.1 Å². The van der Waals surface area contributed by atoms with Crippen LogP contribution in [-0.2, 0) is 29.5 Å². The quantitative estimate of drug-likeness (QED) is 0.175. The number of nitrogen functional groups attached to an aromatic ring is 1. The first-order valence-electron chi connectivity index (χ1n) is 6.24. The second kappa shape index (κ2) is 6.61. The Morgan fingerprint density at radius 1 is 1.52 bits per heavy atom. The van der Waals surface area contributed by atoms with Gasteiger partial charge in [-0.05, 0) is 0 Å². The van der Waals surface area contributed by atoms with E-state index in [1.165, 1.54) is 5.38 Å². The molecule has 136 valence electrons. The first-order chi connectivity index (χ1) is 11.6. The fourth-order valence-corrected chi connectivity index (χ4v) is 3.39. The fraction of sp³-hybridized carbons (Fsp3) is 0.300. The number of oxime groups is 1. The molecule has 0 bridgehead atoms. The zero-order chi connectivity index (χ0) is 18.9. The molecule has 0 aliphatic carbocycles. The smallest absolute Gasteiger partial charge is 0.363 e. The number of anilines is 1. The third-order valence-corrected chi connectivity index (χ3v) is 4.58. The number of carbonyl (C=O) groups excluding carboxylic acids is 2. The van der Waals surface area contributed by atoms with Crippen molar-refractivity contribution in [3.8, 4) is 0 Å². The van der Waals surface area contributed by atoms with Gasteiger partial charge in [0.1, 0.15) is 18.8 Å². The molecule has 2 atom stereocenters. The van der Waals surface area contributed by atoms with Gasteiger partial charge in [-0.25, -0.2) is 9.78 Å². The van der Waals surface area contributed by atoms with E-state index in [1.54, 1.807) is 0 Å². The summed E-state index contributed by atoms with van der Waals surface area (Å²) in [6.07, 6.45) is 0. The predicted octanol–water partition coefficient (Wildman–Crippen LogP) is -2.34. The molecule has 2 heterocycles. The number of nitrogens with zero attached hydrogens (tertiary/aromatic N) is 3. The number of hydrogen-bond acceptors (Lipinski definition) is 10. The zero-order valence-electron chi connectivity index (χ0n) is 12.3. The summed E-state index contributed by atoms with van der Waals surface area (Å²) >= 11 is 0.993. The van der Waals surface area contributed by atoms with Crippen LogP contribution >= 0.6 is 11.3 Å². The number of nitrogens with one attached hydrogen (secondary N) is 1. The minimum absolute atomic E-state index is 0.00660. The molecule has 0 spiro atoms. The third kappa shape index (κ3) is 3.52. The number of hydrogen-bond donors (Lipinski definition) is 4. The van der Waals surface area contributed by atoms with Gasteiger partial charge in [0.25, 0.3) is 11.8 Å². The molecule has 15 heteroatoms.